The highest BCUT2D eigenvalue weighted by Crippen LogP contribution is 2.32. The molecule has 35 heavy (non-hydrogen) atoms. The van der Waals surface area contributed by atoms with Crippen molar-refractivity contribution in [2.45, 2.75) is 65.2 Å². The Hall–Kier alpha value is -3.48. The molecule has 4 rings (SSSR count). The number of hydrogen-bond acceptors (Lipinski definition) is 4. The SMILES string of the molecule is CC(C)c1cccc(C(C)C)c1NC(=O)COC(=O)c1nn(-c2ccc(F)cc2)c2c1CCCC2. The van der Waals surface area contributed by atoms with Gasteiger partial charge in [0.15, 0.2) is 12.3 Å². The number of esters is 1. The van der Waals surface area contributed by atoms with E-state index >= 15 is 0 Å². The predicted octanol–water partition coefficient (Wildman–Crippen LogP) is 5.93. The van der Waals surface area contributed by atoms with Crippen molar-refractivity contribution in [3.05, 3.63) is 76.4 Å². The highest BCUT2D eigenvalue weighted by atomic mass is 19.1. The molecule has 0 aliphatic heterocycles. The maximum absolute atomic E-state index is 13.4. The van der Waals surface area contributed by atoms with Crippen molar-refractivity contribution >= 4 is 17.6 Å². The van der Waals surface area contributed by atoms with Crippen molar-refractivity contribution in [3.8, 4) is 5.69 Å². The Morgan fingerprint density at radius 2 is 1.63 bits per heavy atom. The fourth-order valence-electron chi connectivity index (χ4n) is 4.63. The van der Waals surface area contributed by atoms with E-state index in [0.29, 0.717) is 12.1 Å². The van der Waals surface area contributed by atoms with Crippen molar-refractivity contribution in [1.82, 2.24) is 9.78 Å². The van der Waals surface area contributed by atoms with Crippen LogP contribution < -0.4 is 5.32 Å². The van der Waals surface area contributed by atoms with E-state index in [4.69, 9.17) is 4.74 Å². The number of hydrogen-bond donors (Lipinski definition) is 1. The van der Waals surface area contributed by atoms with Crippen LogP contribution in [0, 0.1) is 5.82 Å². The molecule has 3 aromatic rings. The van der Waals surface area contributed by atoms with Gasteiger partial charge in [-0.15, -0.1) is 0 Å². The zero-order valence-corrected chi connectivity index (χ0v) is 20.7. The van der Waals surface area contributed by atoms with Gasteiger partial charge in [0.1, 0.15) is 5.82 Å². The maximum atomic E-state index is 13.4. The number of aromatic nitrogens is 2. The summed E-state index contributed by atoms with van der Waals surface area (Å²) in [5, 5.41) is 7.49. The number of nitrogens with one attached hydrogen (secondary N) is 1. The fraction of sp³-hybridized carbons (Fsp3) is 0.393. The zero-order valence-electron chi connectivity index (χ0n) is 20.7. The zero-order chi connectivity index (χ0) is 25.1. The molecule has 0 atom stereocenters. The lowest BCUT2D eigenvalue weighted by Gasteiger charge is -2.20. The summed E-state index contributed by atoms with van der Waals surface area (Å²) in [7, 11) is 0. The first-order valence-corrected chi connectivity index (χ1v) is 12.2. The van der Waals surface area contributed by atoms with Crippen LogP contribution in [0.2, 0.25) is 0 Å². The van der Waals surface area contributed by atoms with Gasteiger partial charge in [-0.3, -0.25) is 4.79 Å². The lowest BCUT2D eigenvalue weighted by molar-refractivity contribution is -0.119. The molecule has 1 heterocycles. The molecule has 2 aromatic carbocycles. The van der Waals surface area contributed by atoms with Crippen LogP contribution in [-0.2, 0) is 22.4 Å². The number of anilines is 1. The smallest absolute Gasteiger partial charge is 0.359 e. The van der Waals surface area contributed by atoms with E-state index in [-0.39, 0.29) is 29.3 Å². The summed E-state index contributed by atoms with van der Waals surface area (Å²) in [4.78, 5) is 25.8. The molecular formula is C28H32FN3O3. The standard InChI is InChI=1S/C28H32FN3O3/c1-17(2)21-9-7-10-22(18(3)4)26(21)30-25(33)16-35-28(34)27-23-8-5-6-11-24(23)32(31-27)20-14-12-19(29)13-15-20/h7,9-10,12-15,17-18H,5-6,8,11,16H2,1-4H3,(H,30,33). The van der Waals surface area contributed by atoms with Crippen LogP contribution in [-0.4, -0.2) is 28.3 Å². The van der Waals surface area contributed by atoms with Crippen LogP contribution in [0.5, 0.6) is 0 Å². The molecule has 1 aliphatic rings. The van der Waals surface area contributed by atoms with Gasteiger partial charge in [0.25, 0.3) is 5.91 Å². The van der Waals surface area contributed by atoms with Crippen molar-refractivity contribution in [1.29, 1.82) is 0 Å². The van der Waals surface area contributed by atoms with Gasteiger partial charge in [-0.1, -0.05) is 45.9 Å². The molecule has 7 heteroatoms. The maximum Gasteiger partial charge on any atom is 0.359 e. The lowest BCUT2D eigenvalue weighted by atomic mass is 9.92. The van der Waals surface area contributed by atoms with Crippen LogP contribution >= 0.6 is 0 Å². The summed E-state index contributed by atoms with van der Waals surface area (Å²) >= 11 is 0. The topological polar surface area (TPSA) is 73.2 Å². The number of carbonyl (C=O) groups excluding carboxylic acids is 2. The first-order chi connectivity index (χ1) is 16.8. The lowest BCUT2D eigenvalue weighted by Crippen LogP contribution is -2.23. The van der Waals surface area contributed by atoms with Gasteiger partial charge in [-0.05, 0) is 72.9 Å². The third-order valence-corrected chi connectivity index (χ3v) is 6.42. The molecule has 0 spiro atoms. The number of fused-ring (bicyclic) bond motifs is 1. The van der Waals surface area contributed by atoms with E-state index in [1.54, 1.807) is 16.8 Å². The molecule has 0 saturated carbocycles. The number of halogens is 1. The minimum atomic E-state index is -0.625. The fourth-order valence-corrected chi connectivity index (χ4v) is 4.63. The molecule has 1 aromatic heterocycles. The third kappa shape index (κ3) is 5.29. The Balaban J connectivity index is 1.52. The number of carbonyl (C=O) groups is 2. The number of amides is 1. The van der Waals surface area contributed by atoms with Gasteiger partial charge in [-0.2, -0.15) is 5.10 Å². The second-order valence-electron chi connectivity index (χ2n) is 9.61. The molecule has 6 nitrogen and oxygen atoms in total. The van der Waals surface area contributed by atoms with Gasteiger partial charge >= 0.3 is 5.97 Å². The average molecular weight is 478 g/mol. The summed E-state index contributed by atoms with van der Waals surface area (Å²) in [6.45, 7) is 7.91. The molecule has 1 aliphatic carbocycles. The molecule has 0 fully saturated rings. The van der Waals surface area contributed by atoms with Crippen LogP contribution in [0.1, 0.15) is 85.2 Å². The summed E-state index contributed by atoms with van der Waals surface area (Å²) in [6, 6.07) is 12.0. The van der Waals surface area contributed by atoms with E-state index in [1.807, 2.05) is 18.2 Å². The number of nitrogens with zero attached hydrogens (tertiary/aromatic N) is 2. The Kier molecular flexibility index (Phi) is 7.34. The number of para-hydroxylation sites is 1. The molecule has 0 radical (unpaired) electrons. The van der Waals surface area contributed by atoms with E-state index < -0.39 is 12.6 Å². The summed E-state index contributed by atoms with van der Waals surface area (Å²) < 4.78 is 20.5. The first-order valence-electron chi connectivity index (χ1n) is 12.2. The normalized spacial score (nSPS) is 13.1. The number of ether oxygens (including phenoxy) is 1. The molecule has 0 bridgehead atoms. The Morgan fingerprint density at radius 1 is 1.00 bits per heavy atom. The van der Waals surface area contributed by atoms with Gasteiger partial charge in [0.05, 0.1) is 5.69 Å². The van der Waals surface area contributed by atoms with Crippen molar-refractivity contribution in [3.63, 3.8) is 0 Å². The minimum absolute atomic E-state index is 0.224. The quantitative estimate of drug-likeness (QED) is 0.428. The molecule has 0 unspecified atom stereocenters. The van der Waals surface area contributed by atoms with Crippen LogP contribution in [0.4, 0.5) is 10.1 Å². The summed E-state index contributed by atoms with van der Waals surface area (Å²) in [5.74, 6) is -0.886. The molecule has 0 saturated heterocycles. The Bertz CT molecular complexity index is 1200. The summed E-state index contributed by atoms with van der Waals surface area (Å²) in [6.07, 6.45) is 3.43. The van der Waals surface area contributed by atoms with Crippen molar-refractivity contribution in [2.24, 2.45) is 0 Å². The van der Waals surface area contributed by atoms with E-state index in [9.17, 15) is 14.0 Å². The largest absolute Gasteiger partial charge is 0.451 e. The first kappa shape index (κ1) is 24.6. The molecule has 1 amide bonds. The van der Waals surface area contributed by atoms with E-state index in [0.717, 1.165) is 47.3 Å². The monoisotopic (exact) mass is 477 g/mol. The van der Waals surface area contributed by atoms with Crippen molar-refractivity contribution < 1.29 is 18.7 Å². The van der Waals surface area contributed by atoms with Gasteiger partial charge in [0, 0.05) is 16.9 Å². The van der Waals surface area contributed by atoms with Crippen LogP contribution in [0.3, 0.4) is 0 Å². The van der Waals surface area contributed by atoms with Gasteiger partial charge in [0.2, 0.25) is 0 Å². The summed E-state index contributed by atoms with van der Waals surface area (Å²) in [5.41, 5.74) is 5.57. The van der Waals surface area contributed by atoms with Gasteiger partial charge in [-0.25, -0.2) is 13.9 Å². The second kappa shape index (κ2) is 10.4. The number of rotatable bonds is 7. The number of benzene rings is 2. The molecule has 184 valence electrons. The van der Waals surface area contributed by atoms with E-state index in [2.05, 4.69) is 38.1 Å². The highest BCUT2D eigenvalue weighted by Gasteiger charge is 2.27. The Labute approximate surface area is 205 Å². The van der Waals surface area contributed by atoms with Crippen LogP contribution in [0.15, 0.2) is 42.5 Å². The second-order valence-corrected chi connectivity index (χ2v) is 9.61. The average Bonchev–Trinajstić information content (AvgIpc) is 3.22. The van der Waals surface area contributed by atoms with Gasteiger partial charge < -0.3 is 10.1 Å². The molecule has 1 N–H and O–H groups in total. The highest BCUT2D eigenvalue weighted by molar-refractivity contribution is 5.96. The molecular weight excluding hydrogens is 445 g/mol. The van der Waals surface area contributed by atoms with Crippen molar-refractivity contribution in [2.75, 3.05) is 11.9 Å². The third-order valence-electron chi connectivity index (χ3n) is 6.42. The Morgan fingerprint density at radius 3 is 2.26 bits per heavy atom. The minimum Gasteiger partial charge on any atom is -0.451 e. The van der Waals surface area contributed by atoms with E-state index in [1.165, 1.54) is 12.1 Å². The van der Waals surface area contributed by atoms with Crippen LogP contribution in [0.25, 0.3) is 5.69 Å². The predicted molar refractivity (Wildman–Crippen MR) is 134 cm³/mol.